The van der Waals surface area contributed by atoms with Crippen LogP contribution in [-0.4, -0.2) is 25.6 Å². The fourth-order valence-electron chi connectivity index (χ4n) is 1.95. The summed E-state index contributed by atoms with van der Waals surface area (Å²) in [6.07, 6.45) is 2.33. The Kier molecular flexibility index (Phi) is 5.16. The summed E-state index contributed by atoms with van der Waals surface area (Å²) in [6, 6.07) is 7.18. The van der Waals surface area contributed by atoms with E-state index in [1.54, 1.807) is 12.1 Å². The maximum absolute atomic E-state index is 11.7. The highest BCUT2D eigenvalue weighted by Crippen LogP contribution is 2.11. The summed E-state index contributed by atoms with van der Waals surface area (Å²) < 4.78 is 0.952. The molecule has 0 spiro atoms. The summed E-state index contributed by atoms with van der Waals surface area (Å²) in [7, 11) is 0. The molecule has 5 heteroatoms. The molecule has 1 amide bonds. The van der Waals surface area contributed by atoms with Crippen LogP contribution in [0, 0.1) is 5.92 Å². The molecule has 0 aliphatic carbocycles. The van der Waals surface area contributed by atoms with Crippen LogP contribution in [0.25, 0.3) is 0 Å². The smallest absolute Gasteiger partial charge is 0.274 e. The number of piperidine rings is 1. The minimum Gasteiger partial charge on any atom is -0.316 e. The van der Waals surface area contributed by atoms with Crippen molar-refractivity contribution in [2.75, 3.05) is 19.7 Å². The largest absolute Gasteiger partial charge is 0.316 e. The van der Waals surface area contributed by atoms with Crippen LogP contribution in [0.1, 0.15) is 23.2 Å². The van der Waals surface area contributed by atoms with Gasteiger partial charge in [-0.15, -0.1) is 0 Å². The Balaban J connectivity index is 1.72. The molecule has 1 saturated heterocycles. The second kappa shape index (κ2) is 6.87. The lowest BCUT2D eigenvalue weighted by Gasteiger charge is -2.22. The van der Waals surface area contributed by atoms with Gasteiger partial charge in [0.05, 0.1) is 6.61 Å². The van der Waals surface area contributed by atoms with Crippen LogP contribution in [0.2, 0.25) is 0 Å². The number of carbonyl (C=O) groups is 1. The third-order valence-electron chi connectivity index (χ3n) is 2.99. The third kappa shape index (κ3) is 4.08. The van der Waals surface area contributed by atoms with E-state index in [1.165, 1.54) is 6.42 Å². The number of amides is 1. The number of nitrogens with one attached hydrogen (secondary N) is 2. The zero-order valence-corrected chi connectivity index (χ0v) is 11.7. The van der Waals surface area contributed by atoms with Gasteiger partial charge in [0.25, 0.3) is 5.91 Å². The van der Waals surface area contributed by atoms with E-state index in [0.717, 1.165) is 24.0 Å². The average Bonchev–Trinajstić information content (AvgIpc) is 2.40. The maximum atomic E-state index is 11.7. The zero-order chi connectivity index (χ0) is 12.8. The lowest BCUT2D eigenvalue weighted by Crippen LogP contribution is -2.35. The molecule has 1 aliphatic rings. The fourth-order valence-corrected chi connectivity index (χ4v) is 2.22. The minimum atomic E-state index is -0.203. The summed E-state index contributed by atoms with van der Waals surface area (Å²) in [5.41, 5.74) is 3.08. The van der Waals surface area contributed by atoms with Gasteiger partial charge in [-0.2, -0.15) is 0 Å². The number of benzene rings is 1. The molecule has 98 valence electrons. The molecule has 1 heterocycles. The first-order chi connectivity index (χ1) is 8.75. The van der Waals surface area contributed by atoms with Gasteiger partial charge in [-0.1, -0.05) is 15.9 Å². The van der Waals surface area contributed by atoms with Gasteiger partial charge >= 0.3 is 0 Å². The minimum absolute atomic E-state index is 0.203. The number of halogens is 1. The van der Waals surface area contributed by atoms with Crippen LogP contribution >= 0.6 is 15.9 Å². The number of hydroxylamine groups is 1. The molecule has 0 bridgehead atoms. The molecule has 1 atom stereocenters. The molecule has 1 aromatic rings. The molecule has 1 fully saturated rings. The lowest BCUT2D eigenvalue weighted by molar-refractivity contribution is 0.0128. The average molecular weight is 313 g/mol. The van der Waals surface area contributed by atoms with Crippen molar-refractivity contribution in [1.29, 1.82) is 0 Å². The van der Waals surface area contributed by atoms with Gasteiger partial charge in [0.15, 0.2) is 0 Å². The van der Waals surface area contributed by atoms with Crippen molar-refractivity contribution in [3.8, 4) is 0 Å². The maximum Gasteiger partial charge on any atom is 0.274 e. The monoisotopic (exact) mass is 312 g/mol. The molecule has 0 radical (unpaired) electrons. The predicted molar refractivity (Wildman–Crippen MR) is 73.2 cm³/mol. The lowest BCUT2D eigenvalue weighted by atomic mass is 10.0. The molecule has 2 N–H and O–H groups in total. The van der Waals surface area contributed by atoms with Crippen LogP contribution in [0.5, 0.6) is 0 Å². The highest BCUT2D eigenvalue weighted by molar-refractivity contribution is 9.10. The topological polar surface area (TPSA) is 50.4 Å². The highest BCUT2D eigenvalue weighted by Gasteiger charge is 2.13. The second-order valence-electron chi connectivity index (χ2n) is 4.46. The Morgan fingerprint density at radius 3 is 2.89 bits per heavy atom. The van der Waals surface area contributed by atoms with Crippen molar-refractivity contribution in [3.63, 3.8) is 0 Å². The molecule has 1 unspecified atom stereocenters. The van der Waals surface area contributed by atoms with Crippen LogP contribution in [-0.2, 0) is 4.84 Å². The quantitative estimate of drug-likeness (QED) is 0.837. The van der Waals surface area contributed by atoms with Gasteiger partial charge in [-0.05, 0) is 49.6 Å². The molecule has 18 heavy (non-hydrogen) atoms. The van der Waals surface area contributed by atoms with Crippen molar-refractivity contribution in [1.82, 2.24) is 10.8 Å². The van der Waals surface area contributed by atoms with Crippen molar-refractivity contribution in [3.05, 3.63) is 34.3 Å². The summed E-state index contributed by atoms with van der Waals surface area (Å²) in [6.45, 7) is 2.62. The Morgan fingerprint density at radius 2 is 2.22 bits per heavy atom. The van der Waals surface area contributed by atoms with Gasteiger partial charge < -0.3 is 5.32 Å². The normalized spacial score (nSPS) is 19.5. The summed E-state index contributed by atoms with van der Waals surface area (Å²) in [5.74, 6) is 0.287. The number of hydrogen-bond donors (Lipinski definition) is 2. The summed E-state index contributed by atoms with van der Waals surface area (Å²) >= 11 is 3.33. The number of hydrogen-bond acceptors (Lipinski definition) is 3. The SMILES string of the molecule is O=C(NOCC1CCCNC1)c1ccc(Br)cc1. The molecule has 1 aliphatic heterocycles. The Labute approximate surface area is 115 Å². The van der Waals surface area contributed by atoms with Gasteiger partial charge in [0, 0.05) is 16.6 Å². The van der Waals surface area contributed by atoms with E-state index >= 15 is 0 Å². The molecule has 4 nitrogen and oxygen atoms in total. The molecule has 0 aromatic heterocycles. The molecule has 1 aromatic carbocycles. The Bertz CT molecular complexity index is 388. The Hall–Kier alpha value is -0.910. The van der Waals surface area contributed by atoms with E-state index in [4.69, 9.17) is 4.84 Å². The van der Waals surface area contributed by atoms with E-state index in [1.807, 2.05) is 12.1 Å². The summed E-state index contributed by atoms with van der Waals surface area (Å²) in [4.78, 5) is 17.0. The van der Waals surface area contributed by atoms with Crippen LogP contribution in [0.3, 0.4) is 0 Å². The van der Waals surface area contributed by atoms with Crippen molar-refractivity contribution >= 4 is 21.8 Å². The van der Waals surface area contributed by atoms with Gasteiger partial charge in [0.1, 0.15) is 0 Å². The van der Waals surface area contributed by atoms with Gasteiger partial charge in [-0.3, -0.25) is 9.63 Å². The first-order valence-electron chi connectivity index (χ1n) is 6.14. The van der Waals surface area contributed by atoms with Crippen LogP contribution in [0.15, 0.2) is 28.7 Å². The molecular formula is C13H17BrN2O2. The van der Waals surface area contributed by atoms with E-state index in [0.29, 0.717) is 18.1 Å². The second-order valence-corrected chi connectivity index (χ2v) is 5.38. The van der Waals surface area contributed by atoms with Gasteiger partial charge in [0.2, 0.25) is 0 Å². The number of carbonyl (C=O) groups excluding carboxylic acids is 1. The third-order valence-corrected chi connectivity index (χ3v) is 3.52. The van der Waals surface area contributed by atoms with E-state index in [2.05, 4.69) is 26.7 Å². The van der Waals surface area contributed by atoms with Crippen LogP contribution in [0.4, 0.5) is 0 Å². The standard InChI is InChI=1S/C13H17BrN2O2/c14-12-5-3-11(4-6-12)13(17)16-18-9-10-2-1-7-15-8-10/h3-6,10,15H,1-2,7-9H2,(H,16,17). The van der Waals surface area contributed by atoms with Gasteiger partial charge in [-0.25, -0.2) is 5.48 Å². The highest BCUT2D eigenvalue weighted by atomic mass is 79.9. The van der Waals surface area contributed by atoms with Crippen molar-refractivity contribution in [2.24, 2.45) is 5.92 Å². The first-order valence-corrected chi connectivity index (χ1v) is 6.93. The molecule has 0 saturated carbocycles. The van der Waals surface area contributed by atoms with E-state index in [9.17, 15) is 4.79 Å². The van der Waals surface area contributed by atoms with Crippen LogP contribution < -0.4 is 10.8 Å². The van der Waals surface area contributed by atoms with E-state index < -0.39 is 0 Å². The fraction of sp³-hybridized carbons (Fsp3) is 0.462. The Morgan fingerprint density at radius 1 is 1.44 bits per heavy atom. The number of rotatable bonds is 4. The first kappa shape index (κ1) is 13.5. The van der Waals surface area contributed by atoms with Crippen molar-refractivity contribution < 1.29 is 9.63 Å². The van der Waals surface area contributed by atoms with Crippen molar-refractivity contribution in [2.45, 2.75) is 12.8 Å². The molecule has 2 rings (SSSR count). The summed E-state index contributed by atoms with van der Waals surface area (Å²) in [5, 5.41) is 3.31. The molecular weight excluding hydrogens is 296 g/mol. The predicted octanol–water partition coefficient (Wildman–Crippen LogP) is 2.11. The zero-order valence-electron chi connectivity index (χ0n) is 10.1. The van der Waals surface area contributed by atoms with E-state index in [-0.39, 0.29) is 5.91 Å².